The fraction of sp³-hybridized carbons (Fsp3) is 0.636. The number of amides is 1. The van der Waals surface area contributed by atoms with E-state index in [2.05, 4.69) is 21.6 Å². The maximum atomic E-state index is 11.9. The Kier molecular flexibility index (Phi) is 4.86. The Morgan fingerprint density at radius 1 is 1.24 bits per heavy atom. The SMILES string of the molecule is NC(=O)[C@@H](Cc1cc2c3c(c1)nc(N1CCC(CO)CC1)n3CCCO2)C1CC1. The molecule has 1 aliphatic carbocycles. The standard InChI is InChI=1S/C22H30N4O3/c23-21(28)17(16-2-3-16)10-15-11-18-20-19(12-15)29-9-1-6-26(20)22(24-18)25-7-4-14(13-27)5-8-25/h11-12,14,16-17,27H,1-10,13H2,(H2,23,28)/t17-/m0/s1. The predicted octanol–water partition coefficient (Wildman–Crippen LogP) is 2.08. The summed E-state index contributed by atoms with van der Waals surface area (Å²) in [5.74, 6) is 2.43. The van der Waals surface area contributed by atoms with Crippen LogP contribution in [0, 0.1) is 17.8 Å². The van der Waals surface area contributed by atoms with Gasteiger partial charge in [-0.3, -0.25) is 4.79 Å². The molecule has 29 heavy (non-hydrogen) atoms. The summed E-state index contributed by atoms with van der Waals surface area (Å²) in [4.78, 5) is 19.3. The average molecular weight is 399 g/mol. The summed E-state index contributed by atoms with van der Waals surface area (Å²) in [6.07, 6.45) is 5.80. The molecule has 0 bridgehead atoms. The lowest BCUT2D eigenvalue weighted by atomic mass is 9.94. The Hall–Kier alpha value is -2.28. The molecular weight excluding hydrogens is 368 g/mol. The van der Waals surface area contributed by atoms with E-state index in [9.17, 15) is 9.90 Å². The van der Waals surface area contributed by atoms with Gasteiger partial charge < -0.3 is 25.0 Å². The number of piperidine rings is 1. The molecular formula is C22H30N4O3. The minimum atomic E-state index is -0.197. The molecule has 2 fully saturated rings. The molecule has 1 aromatic carbocycles. The van der Waals surface area contributed by atoms with Crippen molar-refractivity contribution >= 4 is 22.9 Å². The van der Waals surface area contributed by atoms with Crippen LogP contribution in [0.25, 0.3) is 11.0 Å². The fourth-order valence-corrected chi connectivity index (χ4v) is 4.93. The predicted molar refractivity (Wildman–Crippen MR) is 111 cm³/mol. The number of ether oxygens (including phenoxy) is 1. The fourth-order valence-electron chi connectivity index (χ4n) is 4.93. The van der Waals surface area contributed by atoms with Crippen molar-refractivity contribution in [3.8, 4) is 5.75 Å². The van der Waals surface area contributed by atoms with Gasteiger partial charge >= 0.3 is 0 Å². The van der Waals surface area contributed by atoms with Gasteiger partial charge in [0, 0.05) is 32.2 Å². The maximum Gasteiger partial charge on any atom is 0.221 e. The van der Waals surface area contributed by atoms with Crippen LogP contribution in [-0.4, -0.2) is 46.9 Å². The molecule has 0 spiro atoms. The van der Waals surface area contributed by atoms with Gasteiger partial charge in [0.25, 0.3) is 0 Å². The number of carbonyl (C=O) groups is 1. The Balaban J connectivity index is 1.50. The molecule has 7 nitrogen and oxygen atoms in total. The van der Waals surface area contributed by atoms with E-state index < -0.39 is 0 Å². The second-order valence-electron chi connectivity index (χ2n) is 8.89. The molecule has 7 heteroatoms. The summed E-state index contributed by atoms with van der Waals surface area (Å²) in [7, 11) is 0. The monoisotopic (exact) mass is 398 g/mol. The molecule has 1 saturated heterocycles. The third-order valence-electron chi connectivity index (χ3n) is 6.80. The van der Waals surface area contributed by atoms with E-state index >= 15 is 0 Å². The van der Waals surface area contributed by atoms with Gasteiger partial charge in [0.15, 0.2) is 0 Å². The maximum absolute atomic E-state index is 11.9. The molecule has 1 atom stereocenters. The van der Waals surface area contributed by atoms with Crippen molar-refractivity contribution in [1.29, 1.82) is 0 Å². The van der Waals surface area contributed by atoms with Crippen molar-refractivity contribution in [1.82, 2.24) is 9.55 Å². The Labute approximate surface area is 170 Å². The van der Waals surface area contributed by atoms with E-state index in [0.717, 1.165) is 80.0 Å². The van der Waals surface area contributed by atoms with E-state index in [-0.39, 0.29) is 18.4 Å². The second kappa shape index (κ2) is 7.52. The minimum absolute atomic E-state index is 0.0931. The van der Waals surface area contributed by atoms with Gasteiger partial charge in [-0.15, -0.1) is 0 Å². The highest BCUT2D eigenvalue weighted by atomic mass is 16.5. The van der Waals surface area contributed by atoms with Gasteiger partial charge in [-0.25, -0.2) is 4.98 Å². The summed E-state index contributed by atoms with van der Waals surface area (Å²) in [5.41, 5.74) is 8.77. The summed E-state index contributed by atoms with van der Waals surface area (Å²) >= 11 is 0. The van der Waals surface area contributed by atoms with Crippen LogP contribution >= 0.6 is 0 Å². The van der Waals surface area contributed by atoms with Crippen LogP contribution < -0.4 is 15.4 Å². The zero-order chi connectivity index (χ0) is 20.0. The van der Waals surface area contributed by atoms with Crippen molar-refractivity contribution in [2.45, 2.75) is 45.1 Å². The van der Waals surface area contributed by atoms with Crippen molar-refractivity contribution in [2.75, 3.05) is 31.2 Å². The number of hydrogen-bond acceptors (Lipinski definition) is 5. The summed E-state index contributed by atoms with van der Waals surface area (Å²) in [6.45, 7) is 3.69. The smallest absolute Gasteiger partial charge is 0.221 e. The van der Waals surface area contributed by atoms with Crippen LogP contribution in [0.4, 0.5) is 5.95 Å². The number of aliphatic hydroxyl groups excluding tert-OH is 1. The first-order chi connectivity index (χ1) is 14.1. The Morgan fingerprint density at radius 2 is 2.03 bits per heavy atom. The van der Waals surface area contributed by atoms with Gasteiger partial charge in [0.05, 0.1) is 12.1 Å². The highest BCUT2D eigenvalue weighted by Crippen LogP contribution is 2.40. The number of carbonyl (C=O) groups excluding carboxylic acids is 1. The normalized spacial score (nSPS) is 21.1. The quantitative estimate of drug-likeness (QED) is 0.777. The average Bonchev–Trinajstić information content (AvgIpc) is 3.52. The number of anilines is 1. The van der Waals surface area contributed by atoms with Crippen molar-refractivity contribution in [3.63, 3.8) is 0 Å². The number of nitrogens with two attached hydrogens (primary N) is 1. The number of aryl methyl sites for hydroxylation is 1. The number of primary amides is 1. The van der Waals surface area contributed by atoms with Crippen LogP contribution in [0.15, 0.2) is 12.1 Å². The molecule has 1 amide bonds. The first kappa shape index (κ1) is 18.7. The third kappa shape index (κ3) is 3.56. The number of nitrogens with zero attached hydrogens (tertiary/aromatic N) is 3. The molecule has 5 rings (SSSR count). The van der Waals surface area contributed by atoms with Crippen molar-refractivity contribution in [2.24, 2.45) is 23.5 Å². The minimum Gasteiger partial charge on any atom is -0.491 e. The number of rotatable bonds is 6. The molecule has 0 unspecified atom stereocenters. The summed E-state index contributed by atoms with van der Waals surface area (Å²) in [5, 5.41) is 9.44. The van der Waals surface area contributed by atoms with Crippen LogP contribution in [0.3, 0.4) is 0 Å². The van der Waals surface area contributed by atoms with Gasteiger partial charge in [0.1, 0.15) is 11.3 Å². The molecule has 156 valence electrons. The lowest BCUT2D eigenvalue weighted by Crippen LogP contribution is -2.36. The van der Waals surface area contributed by atoms with Gasteiger partial charge in [-0.2, -0.15) is 0 Å². The molecule has 1 saturated carbocycles. The second-order valence-corrected chi connectivity index (χ2v) is 8.89. The number of aliphatic hydroxyl groups is 1. The van der Waals surface area contributed by atoms with Gasteiger partial charge in [-0.1, -0.05) is 0 Å². The molecule has 1 aromatic heterocycles. The lowest BCUT2D eigenvalue weighted by molar-refractivity contribution is -0.122. The highest BCUT2D eigenvalue weighted by molar-refractivity contribution is 5.86. The zero-order valence-electron chi connectivity index (χ0n) is 16.8. The molecule has 0 radical (unpaired) electrons. The van der Waals surface area contributed by atoms with Gasteiger partial charge in [0.2, 0.25) is 11.9 Å². The van der Waals surface area contributed by atoms with Crippen LogP contribution in [0.1, 0.15) is 37.7 Å². The van der Waals surface area contributed by atoms with Crippen LogP contribution in [0.5, 0.6) is 5.75 Å². The summed E-state index contributed by atoms with van der Waals surface area (Å²) < 4.78 is 8.38. The molecule has 3 N–H and O–H groups in total. The van der Waals surface area contributed by atoms with Crippen LogP contribution in [-0.2, 0) is 17.8 Å². The Morgan fingerprint density at radius 3 is 2.72 bits per heavy atom. The Bertz CT molecular complexity index is 912. The highest BCUT2D eigenvalue weighted by Gasteiger charge is 2.35. The first-order valence-corrected chi connectivity index (χ1v) is 10.9. The van der Waals surface area contributed by atoms with Crippen molar-refractivity contribution in [3.05, 3.63) is 17.7 Å². The number of benzene rings is 1. The van der Waals surface area contributed by atoms with E-state index in [1.54, 1.807) is 0 Å². The number of imidazole rings is 1. The zero-order valence-corrected chi connectivity index (χ0v) is 16.8. The molecule has 3 aliphatic rings. The third-order valence-corrected chi connectivity index (χ3v) is 6.80. The summed E-state index contributed by atoms with van der Waals surface area (Å²) in [6, 6.07) is 4.21. The number of aromatic nitrogens is 2. The van der Waals surface area contributed by atoms with E-state index in [1.165, 1.54) is 0 Å². The topological polar surface area (TPSA) is 93.6 Å². The van der Waals surface area contributed by atoms with E-state index in [1.807, 2.05) is 0 Å². The van der Waals surface area contributed by atoms with E-state index in [4.69, 9.17) is 15.5 Å². The van der Waals surface area contributed by atoms with Crippen LogP contribution in [0.2, 0.25) is 0 Å². The molecule has 3 heterocycles. The van der Waals surface area contributed by atoms with E-state index in [0.29, 0.717) is 24.9 Å². The molecule has 2 aromatic rings. The lowest BCUT2D eigenvalue weighted by Gasteiger charge is -2.32. The first-order valence-electron chi connectivity index (χ1n) is 10.9. The van der Waals surface area contributed by atoms with Gasteiger partial charge in [-0.05, 0) is 68.1 Å². The largest absolute Gasteiger partial charge is 0.491 e. The van der Waals surface area contributed by atoms with Crippen molar-refractivity contribution < 1.29 is 14.6 Å². The number of hydrogen-bond donors (Lipinski definition) is 2. The molecule has 2 aliphatic heterocycles.